The molecule has 0 radical (unpaired) electrons. The van der Waals surface area contributed by atoms with E-state index in [9.17, 15) is 4.79 Å². The number of hydrogen-bond acceptors (Lipinski definition) is 3. The van der Waals surface area contributed by atoms with Gasteiger partial charge in [-0.1, -0.05) is 25.1 Å². The molecule has 4 nitrogen and oxygen atoms in total. The second-order valence-electron chi connectivity index (χ2n) is 5.11. The van der Waals surface area contributed by atoms with Gasteiger partial charge in [-0.05, 0) is 25.0 Å². The van der Waals surface area contributed by atoms with Gasteiger partial charge in [0.25, 0.3) is 0 Å². The van der Waals surface area contributed by atoms with Crippen LogP contribution in [0, 0.1) is 6.92 Å². The second-order valence-corrected chi connectivity index (χ2v) is 5.11. The molecule has 2 rings (SSSR count). The lowest BCUT2D eigenvalue weighted by Gasteiger charge is -2.37. The molecule has 0 unspecified atom stereocenters. The normalized spacial score (nSPS) is 17.4. The molecule has 4 heteroatoms. The predicted octanol–water partition coefficient (Wildman–Crippen LogP) is 1.38. The summed E-state index contributed by atoms with van der Waals surface area (Å²) < 4.78 is 0. The standard InChI is InChI=1S/C15H23N3O/c1-3-13(16)15(19)18-10-8-17(9-11-18)14-7-5-4-6-12(14)2/h4-7,13H,3,8-11,16H2,1-2H3/t13-/m0/s1. The number of nitrogens with two attached hydrogens (primary N) is 1. The van der Waals surface area contributed by atoms with Crippen molar-refractivity contribution in [3.8, 4) is 0 Å². The summed E-state index contributed by atoms with van der Waals surface area (Å²) >= 11 is 0. The third kappa shape index (κ3) is 3.07. The molecule has 0 spiro atoms. The maximum absolute atomic E-state index is 12.0. The largest absolute Gasteiger partial charge is 0.368 e. The van der Waals surface area contributed by atoms with Crippen molar-refractivity contribution in [2.45, 2.75) is 26.3 Å². The number of nitrogens with zero attached hydrogens (tertiary/aromatic N) is 2. The quantitative estimate of drug-likeness (QED) is 0.894. The van der Waals surface area contributed by atoms with Gasteiger partial charge in [-0.2, -0.15) is 0 Å². The van der Waals surface area contributed by atoms with Crippen molar-refractivity contribution in [1.82, 2.24) is 4.90 Å². The zero-order chi connectivity index (χ0) is 13.8. The van der Waals surface area contributed by atoms with Crippen molar-refractivity contribution < 1.29 is 4.79 Å². The topological polar surface area (TPSA) is 49.6 Å². The van der Waals surface area contributed by atoms with E-state index in [0.29, 0.717) is 6.42 Å². The van der Waals surface area contributed by atoms with Crippen LogP contribution in [0.2, 0.25) is 0 Å². The van der Waals surface area contributed by atoms with Crippen LogP contribution in [0.5, 0.6) is 0 Å². The highest BCUT2D eigenvalue weighted by Gasteiger charge is 2.24. The smallest absolute Gasteiger partial charge is 0.239 e. The molecule has 0 saturated carbocycles. The zero-order valence-electron chi connectivity index (χ0n) is 11.8. The highest BCUT2D eigenvalue weighted by atomic mass is 16.2. The number of para-hydroxylation sites is 1. The molecule has 104 valence electrons. The Labute approximate surface area is 115 Å². The fourth-order valence-corrected chi connectivity index (χ4v) is 2.50. The summed E-state index contributed by atoms with van der Waals surface area (Å²) in [5, 5.41) is 0. The third-order valence-corrected chi connectivity index (χ3v) is 3.80. The summed E-state index contributed by atoms with van der Waals surface area (Å²) in [7, 11) is 0. The van der Waals surface area contributed by atoms with E-state index in [1.165, 1.54) is 11.3 Å². The fraction of sp³-hybridized carbons (Fsp3) is 0.533. The van der Waals surface area contributed by atoms with Crippen LogP contribution in [0.1, 0.15) is 18.9 Å². The molecule has 1 fully saturated rings. The van der Waals surface area contributed by atoms with Crippen molar-refractivity contribution in [2.75, 3.05) is 31.1 Å². The van der Waals surface area contributed by atoms with E-state index in [2.05, 4.69) is 36.1 Å². The first-order valence-electron chi connectivity index (χ1n) is 6.98. The Morgan fingerprint density at radius 3 is 2.47 bits per heavy atom. The van der Waals surface area contributed by atoms with Crippen LogP contribution in [0.25, 0.3) is 0 Å². The number of rotatable bonds is 3. The number of anilines is 1. The van der Waals surface area contributed by atoms with Crippen LogP contribution in [0.3, 0.4) is 0 Å². The van der Waals surface area contributed by atoms with Crippen molar-refractivity contribution in [3.05, 3.63) is 29.8 Å². The van der Waals surface area contributed by atoms with E-state index >= 15 is 0 Å². The Bertz CT molecular complexity index is 439. The Morgan fingerprint density at radius 1 is 1.26 bits per heavy atom. The monoisotopic (exact) mass is 261 g/mol. The fourth-order valence-electron chi connectivity index (χ4n) is 2.50. The number of amides is 1. The molecular weight excluding hydrogens is 238 g/mol. The molecule has 1 atom stereocenters. The summed E-state index contributed by atoms with van der Waals surface area (Å²) in [6.45, 7) is 7.37. The minimum atomic E-state index is -0.343. The third-order valence-electron chi connectivity index (χ3n) is 3.80. The number of piperazine rings is 1. The van der Waals surface area contributed by atoms with Gasteiger partial charge in [0.05, 0.1) is 6.04 Å². The number of hydrogen-bond donors (Lipinski definition) is 1. The van der Waals surface area contributed by atoms with Crippen molar-refractivity contribution in [1.29, 1.82) is 0 Å². The Balaban J connectivity index is 1.96. The van der Waals surface area contributed by atoms with Gasteiger partial charge in [-0.15, -0.1) is 0 Å². The lowest BCUT2D eigenvalue weighted by atomic mass is 10.1. The van der Waals surface area contributed by atoms with Crippen LogP contribution in [0.15, 0.2) is 24.3 Å². The van der Waals surface area contributed by atoms with Gasteiger partial charge >= 0.3 is 0 Å². The first-order valence-corrected chi connectivity index (χ1v) is 6.98. The molecular formula is C15H23N3O. The molecule has 1 heterocycles. The van der Waals surface area contributed by atoms with E-state index in [1.54, 1.807) is 0 Å². The minimum Gasteiger partial charge on any atom is -0.368 e. The van der Waals surface area contributed by atoms with Crippen LogP contribution in [-0.4, -0.2) is 43.0 Å². The van der Waals surface area contributed by atoms with E-state index in [4.69, 9.17) is 5.73 Å². The van der Waals surface area contributed by atoms with Crippen molar-refractivity contribution >= 4 is 11.6 Å². The average molecular weight is 261 g/mol. The second kappa shape index (κ2) is 6.06. The van der Waals surface area contributed by atoms with E-state index in [1.807, 2.05) is 11.8 Å². The molecule has 0 bridgehead atoms. The molecule has 1 aliphatic heterocycles. The van der Waals surface area contributed by atoms with Gasteiger partial charge in [0.15, 0.2) is 0 Å². The van der Waals surface area contributed by atoms with E-state index in [-0.39, 0.29) is 11.9 Å². The van der Waals surface area contributed by atoms with Crippen molar-refractivity contribution in [2.24, 2.45) is 5.73 Å². The Morgan fingerprint density at radius 2 is 1.89 bits per heavy atom. The molecule has 1 aromatic carbocycles. The number of carbonyl (C=O) groups is 1. The molecule has 1 aromatic rings. The summed E-state index contributed by atoms with van der Waals surface area (Å²) in [4.78, 5) is 16.3. The van der Waals surface area contributed by atoms with Gasteiger partial charge in [0.2, 0.25) is 5.91 Å². The molecule has 0 aliphatic carbocycles. The molecule has 0 aromatic heterocycles. The first kappa shape index (κ1) is 13.9. The first-order chi connectivity index (χ1) is 9.13. The van der Waals surface area contributed by atoms with Crippen LogP contribution in [-0.2, 0) is 4.79 Å². The summed E-state index contributed by atoms with van der Waals surface area (Å²) in [6.07, 6.45) is 0.705. The summed E-state index contributed by atoms with van der Waals surface area (Å²) in [5.74, 6) is 0.0898. The average Bonchev–Trinajstić information content (AvgIpc) is 2.46. The van der Waals surface area contributed by atoms with Gasteiger partial charge < -0.3 is 15.5 Å². The zero-order valence-corrected chi connectivity index (χ0v) is 11.8. The van der Waals surface area contributed by atoms with Crippen LogP contribution in [0.4, 0.5) is 5.69 Å². The Hall–Kier alpha value is -1.55. The van der Waals surface area contributed by atoms with Crippen LogP contribution >= 0.6 is 0 Å². The van der Waals surface area contributed by atoms with E-state index in [0.717, 1.165) is 26.2 Å². The molecule has 2 N–H and O–H groups in total. The van der Waals surface area contributed by atoms with E-state index < -0.39 is 0 Å². The van der Waals surface area contributed by atoms with Gasteiger partial charge in [0.1, 0.15) is 0 Å². The molecule has 1 amide bonds. The Kier molecular flexibility index (Phi) is 4.43. The maximum atomic E-state index is 12.0. The number of benzene rings is 1. The minimum absolute atomic E-state index is 0.0898. The summed E-state index contributed by atoms with van der Waals surface area (Å²) in [5.41, 5.74) is 8.37. The predicted molar refractivity (Wildman–Crippen MR) is 78.2 cm³/mol. The van der Waals surface area contributed by atoms with Gasteiger partial charge in [0, 0.05) is 31.9 Å². The van der Waals surface area contributed by atoms with Gasteiger partial charge in [-0.25, -0.2) is 0 Å². The number of carbonyl (C=O) groups excluding carboxylic acids is 1. The van der Waals surface area contributed by atoms with Crippen molar-refractivity contribution in [3.63, 3.8) is 0 Å². The molecule has 1 saturated heterocycles. The maximum Gasteiger partial charge on any atom is 0.239 e. The van der Waals surface area contributed by atoms with Crippen LogP contribution < -0.4 is 10.6 Å². The SMILES string of the molecule is CC[C@H](N)C(=O)N1CCN(c2ccccc2C)CC1. The highest BCUT2D eigenvalue weighted by Crippen LogP contribution is 2.20. The summed E-state index contributed by atoms with van der Waals surface area (Å²) in [6, 6.07) is 8.04. The number of aryl methyl sites for hydroxylation is 1. The molecule has 1 aliphatic rings. The molecule has 19 heavy (non-hydrogen) atoms. The van der Waals surface area contributed by atoms with Gasteiger partial charge in [-0.3, -0.25) is 4.79 Å². The lowest BCUT2D eigenvalue weighted by molar-refractivity contribution is -0.132. The highest BCUT2D eigenvalue weighted by molar-refractivity contribution is 5.81. The lowest BCUT2D eigenvalue weighted by Crippen LogP contribution is -2.53.